The molecule has 0 saturated heterocycles. The average molecular weight is 523 g/mol. The number of amides is 2. The molecule has 12 nitrogen and oxygen atoms in total. The van der Waals surface area contributed by atoms with E-state index < -0.39 is 20.5 Å². The Bertz CT molecular complexity index is 1420. The van der Waals surface area contributed by atoms with Gasteiger partial charge in [-0.3, -0.25) is 34.7 Å². The highest BCUT2D eigenvalue weighted by Crippen LogP contribution is 2.42. The molecule has 13 heteroatoms. The van der Waals surface area contributed by atoms with Crippen molar-refractivity contribution in [1.82, 2.24) is 4.90 Å². The molecule has 0 aliphatic carbocycles. The van der Waals surface area contributed by atoms with Crippen LogP contribution < -0.4 is 4.90 Å². The number of hydrogen-bond acceptors (Lipinski definition) is 10. The Morgan fingerprint density at radius 1 is 1.00 bits per heavy atom. The van der Waals surface area contributed by atoms with Crippen molar-refractivity contribution in [3.8, 4) is 0 Å². The molecule has 1 aromatic heterocycles. The summed E-state index contributed by atoms with van der Waals surface area (Å²) in [5.74, 6) is -0.614. The van der Waals surface area contributed by atoms with E-state index in [1.54, 1.807) is 43.3 Å². The van der Waals surface area contributed by atoms with Gasteiger partial charge in [-0.25, -0.2) is 0 Å². The van der Waals surface area contributed by atoms with Crippen molar-refractivity contribution in [3.05, 3.63) is 85.4 Å². The molecule has 0 saturated carbocycles. The van der Waals surface area contributed by atoms with E-state index in [0.717, 1.165) is 17.3 Å². The molecule has 37 heavy (non-hydrogen) atoms. The van der Waals surface area contributed by atoms with E-state index in [0.29, 0.717) is 34.7 Å². The molecule has 1 aliphatic rings. The average Bonchev–Trinajstić information content (AvgIpc) is 3.40. The second-order valence-electron chi connectivity index (χ2n) is 8.36. The molecule has 0 fully saturated rings. The molecular weight excluding hydrogens is 500 g/mol. The summed E-state index contributed by atoms with van der Waals surface area (Å²) >= 11 is 0.578. The van der Waals surface area contributed by atoms with Crippen LogP contribution in [0.3, 0.4) is 0 Å². The zero-order valence-corrected chi connectivity index (χ0v) is 21.0. The van der Waals surface area contributed by atoms with Gasteiger partial charge in [-0.2, -0.15) is 0 Å². The van der Waals surface area contributed by atoms with Crippen LogP contribution in [0, 0.1) is 27.2 Å². The molecule has 0 spiro atoms. The number of azo groups is 1. The van der Waals surface area contributed by atoms with Crippen LogP contribution in [0.1, 0.15) is 40.1 Å². The van der Waals surface area contributed by atoms with Gasteiger partial charge in [-0.1, -0.05) is 12.1 Å². The quantitative estimate of drug-likeness (QED) is 0.149. The topological polar surface area (TPSA) is 152 Å². The number of anilines is 1. The number of carbonyl (C=O) groups is 2. The summed E-state index contributed by atoms with van der Waals surface area (Å²) in [6.45, 7) is 6.51. The number of hydrogen-bond donors (Lipinski definition) is 0. The zero-order valence-electron chi connectivity index (χ0n) is 20.2. The number of benzene rings is 2. The smallest absolute Gasteiger partial charge is 0.333 e. The van der Waals surface area contributed by atoms with Gasteiger partial charge in [0.05, 0.1) is 26.7 Å². The fourth-order valence-corrected chi connectivity index (χ4v) is 4.96. The van der Waals surface area contributed by atoms with Crippen molar-refractivity contribution in [2.24, 2.45) is 10.2 Å². The summed E-state index contributed by atoms with van der Waals surface area (Å²) in [5, 5.41) is 29.6. The van der Waals surface area contributed by atoms with E-state index in [1.165, 1.54) is 4.90 Å². The lowest BCUT2D eigenvalue weighted by molar-refractivity contribution is -0.389. The summed E-state index contributed by atoms with van der Waals surface area (Å²) in [7, 11) is 0. The molecule has 0 N–H and O–H groups in total. The first-order valence-corrected chi connectivity index (χ1v) is 12.1. The van der Waals surface area contributed by atoms with Crippen LogP contribution in [0.4, 0.5) is 27.1 Å². The molecule has 2 heterocycles. The van der Waals surface area contributed by atoms with Gasteiger partial charge in [-0.15, -0.1) is 10.2 Å². The van der Waals surface area contributed by atoms with Crippen LogP contribution in [-0.2, 0) is 0 Å². The number of thiophene rings is 1. The fourth-order valence-electron chi connectivity index (χ4n) is 4.20. The Hall–Kier alpha value is -4.52. The molecule has 3 aromatic rings. The van der Waals surface area contributed by atoms with E-state index in [2.05, 4.69) is 10.2 Å². The van der Waals surface area contributed by atoms with Gasteiger partial charge < -0.3 is 4.90 Å². The Labute approximate surface area is 215 Å². The number of imide groups is 1. The highest BCUT2D eigenvalue weighted by molar-refractivity contribution is 7.19. The molecule has 1 atom stereocenters. The molecule has 1 aliphatic heterocycles. The summed E-state index contributed by atoms with van der Waals surface area (Å²) < 4.78 is 0. The molecule has 4 rings (SSSR count). The van der Waals surface area contributed by atoms with E-state index in [1.807, 2.05) is 24.8 Å². The molecular formula is C24H22N6O6S. The molecule has 2 amide bonds. The molecule has 0 radical (unpaired) electrons. The van der Waals surface area contributed by atoms with E-state index in [4.69, 9.17) is 0 Å². The number of nitro groups is 2. The van der Waals surface area contributed by atoms with Gasteiger partial charge in [-0.05, 0) is 68.0 Å². The number of aryl methyl sites for hydroxylation is 1. The highest BCUT2D eigenvalue weighted by Gasteiger charge is 2.36. The number of rotatable bonds is 9. The van der Waals surface area contributed by atoms with Gasteiger partial charge in [0.1, 0.15) is 6.07 Å². The van der Waals surface area contributed by atoms with E-state index >= 15 is 0 Å². The van der Waals surface area contributed by atoms with Crippen molar-refractivity contribution in [2.45, 2.75) is 26.8 Å². The third-order valence-electron chi connectivity index (χ3n) is 6.02. The third-order valence-corrected chi connectivity index (χ3v) is 6.98. The lowest BCUT2D eigenvalue weighted by Gasteiger charge is -2.32. The fraction of sp³-hybridized carbons (Fsp3) is 0.250. The third kappa shape index (κ3) is 4.93. The van der Waals surface area contributed by atoms with E-state index in [-0.39, 0.29) is 29.4 Å². The summed E-state index contributed by atoms with van der Waals surface area (Å²) in [4.78, 5) is 49.6. The first-order valence-electron chi connectivity index (χ1n) is 11.3. The largest absolute Gasteiger partial charge is 0.367 e. The lowest BCUT2D eigenvalue weighted by Crippen LogP contribution is -2.44. The Morgan fingerprint density at radius 2 is 1.65 bits per heavy atom. The minimum absolute atomic E-state index is 0.162. The standard InChI is InChI=1S/C24H22N6O6S/c1-4-27(15(3)13-28-23(31)17-7-5-6-8-18(17)24(28)32)16-9-10-19(14(2)11-16)25-26-22-20(29(33)34)12-21(37-22)30(35)36/h5-12,15H,4,13H2,1-3H3. The second-order valence-corrected chi connectivity index (χ2v) is 9.37. The summed E-state index contributed by atoms with van der Waals surface area (Å²) in [5.41, 5.74) is 2.34. The number of nitrogens with zero attached hydrogens (tertiary/aromatic N) is 6. The summed E-state index contributed by atoms with van der Waals surface area (Å²) in [6, 6.07) is 12.8. The van der Waals surface area contributed by atoms with Gasteiger partial charge in [0.2, 0.25) is 5.00 Å². The van der Waals surface area contributed by atoms with Gasteiger partial charge >= 0.3 is 10.7 Å². The van der Waals surface area contributed by atoms with Crippen LogP contribution in [0.25, 0.3) is 0 Å². The molecule has 190 valence electrons. The van der Waals surface area contributed by atoms with Crippen molar-refractivity contribution < 1.29 is 19.4 Å². The first kappa shape index (κ1) is 25.6. The van der Waals surface area contributed by atoms with Crippen molar-refractivity contribution in [3.63, 3.8) is 0 Å². The predicted molar refractivity (Wildman–Crippen MR) is 137 cm³/mol. The minimum atomic E-state index is -0.733. The van der Waals surface area contributed by atoms with Crippen LogP contribution >= 0.6 is 11.3 Å². The van der Waals surface area contributed by atoms with Crippen LogP contribution in [-0.4, -0.2) is 45.7 Å². The first-order chi connectivity index (χ1) is 17.6. The molecule has 2 aromatic carbocycles. The minimum Gasteiger partial charge on any atom is -0.367 e. The highest BCUT2D eigenvalue weighted by atomic mass is 32.1. The predicted octanol–water partition coefficient (Wildman–Crippen LogP) is 5.80. The molecule has 1 unspecified atom stereocenters. The maximum atomic E-state index is 12.8. The Morgan fingerprint density at radius 3 is 2.19 bits per heavy atom. The zero-order chi connectivity index (χ0) is 26.9. The van der Waals surface area contributed by atoms with Gasteiger partial charge in [0.15, 0.2) is 0 Å². The lowest BCUT2D eigenvalue weighted by atomic mass is 10.1. The number of carbonyl (C=O) groups excluding carboxylic acids is 2. The van der Waals surface area contributed by atoms with Crippen molar-refractivity contribution >= 4 is 50.2 Å². The second kappa shape index (κ2) is 10.2. The van der Waals surface area contributed by atoms with Crippen LogP contribution in [0.15, 0.2) is 58.8 Å². The normalized spacial score (nSPS) is 13.8. The van der Waals surface area contributed by atoms with Crippen LogP contribution in [0.2, 0.25) is 0 Å². The Balaban J connectivity index is 1.52. The van der Waals surface area contributed by atoms with Gasteiger partial charge in [0, 0.05) is 24.8 Å². The number of likely N-dealkylation sites (N-methyl/N-ethyl adjacent to an activating group) is 1. The maximum Gasteiger partial charge on any atom is 0.333 e. The van der Waals surface area contributed by atoms with Gasteiger partial charge in [0.25, 0.3) is 11.8 Å². The molecule has 0 bridgehead atoms. The van der Waals surface area contributed by atoms with Crippen molar-refractivity contribution in [2.75, 3.05) is 18.0 Å². The SMILES string of the molecule is CCN(c1ccc(N=Nc2sc([N+](=O)[O-])cc2[N+](=O)[O-])c(C)c1)C(C)CN1C(=O)c2ccccc2C1=O. The van der Waals surface area contributed by atoms with E-state index in [9.17, 15) is 29.8 Å². The Kier molecular flexibility index (Phi) is 7.07. The maximum absolute atomic E-state index is 12.8. The number of fused-ring (bicyclic) bond motifs is 1. The van der Waals surface area contributed by atoms with Crippen molar-refractivity contribution in [1.29, 1.82) is 0 Å². The summed E-state index contributed by atoms with van der Waals surface area (Å²) in [6.07, 6.45) is 0. The monoisotopic (exact) mass is 522 g/mol. The van der Waals surface area contributed by atoms with Crippen LogP contribution in [0.5, 0.6) is 0 Å².